The molecular weight excluding hydrogens is 157 g/mol. The first-order valence-electron chi connectivity index (χ1n) is 3.08. The van der Waals surface area contributed by atoms with Gasteiger partial charge < -0.3 is 0 Å². The van der Waals surface area contributed by atoms with Crippen molar-refractivity contribution >= 4 is 0 Å². The van der Waals surface area contributed by atoms with Crippen LogP contribution in [-0.2, 0) is 0 Å². The number of rotatable bonds is 3. The molecule has 0 aromatic rings. The fourth-order valence-corrected chi connectivity index (χ4v) is 0.626. The van der Waals surface area contributed by atoms with Crippen LogP contribution in [0.5, 0.6) is 0 Å². The van der Waals surface area contributed by atoms with Crippen LogP contribution in [0, 0.1) is 11.3 Å². The van der Waals surface area contributed by atoms with E-state index in [1.807, 2.05) is 0 Å². The SMILES string of the molecule is CN(CCC#N)CC(F)(F)F. The lowest BCUT2D eigenvalue weighted by atomic mass is 10.4. The maximum absolute atomic E-state index is 11.6. The van der Waals surface area contributed by atoms with Crippen LogP contribution in [0.4, 0.5) is 13.2 Å². The first kappa shape index (κ1) is 10.2. The molecule has 0 bridgehead atoms. The molecule has 0 N–H and O–H groups in total. The highest BCUT2D eigenvalue weighted by Gasteiger charge is 2.28. The molecule has 64 valence electrons. The molecule has 0 saturated heterocycles. The van der Waals surface area contributed by atoms with Gasteiger partial charge in [-0.2, -0.15) is 18.4 Å². The molecule has 0 rings (SSSR count). The summed E-state index contributed by atoms with van der Waals surface area (Å²) in [5.41, 5.74) is 0. The van der Waals surface area contributed by atoms with Gasteiger partial charge >= 0.3 is 6.18 Å². The summed E-state index contributed by atoms with van der Waals surface area (Å²) in [6.45, 7) is -0.787. The summed E-state index contributed by atoms with van der Waals surface area (Å²) in [6.07, 6.45) is -4.03. The summed E-state index contributed by atoms with van der Waals surface area (Å²) < 4.78 is 34.8. The van der Waals surface area contributed by atoms with Crippen molar-refractivity contribution in [1.82, 2.24) is 4.90 Å². The number of nitrogens with zero attached hydrogens (tertiary/aromatic N) is 2. The minimum Gasteiger partial charge on any atom is -0.297 e. The third-order valence-corrected chi connectivity index (χ3v) is 1.05. The Hall–Kier alpha value is -0.760. The molecule has 0 fully saturated rings. The Balaban J connectivity index is 3.54. The van der Waals surface area contributed by atoms with Gasteiger partial charge in [0.15, 0.2) is 0 Å². The molecule has 0 spiro atoms. The van der Waals surface area contributed by atoms with Crippen molar-refractivity contribution in [2.45, 2.75) is 12.6 Å². The van der Waals surface area contributed by atoms with E-state index in [4.69, 9.17) is 5.26 Å². The number of hydrogen-bond acceptors (Lipinski definition) is 2. The molecule has 0 saturated carbocycles. The highest BCUT2D eigenvalue weighted by atomic mass is 19.4. The van der Waals surface area contributed by atoms with Crippen molar-refractivity contribution in [1.29, 1.82) is 5.26 Å². The van der Waals surface area contributed by atoms with Gasteiger partial charge in [-0.1, -0.05) is 0 Å². The first-order valence-corrected chi connectivity index (χ1v) is 3.08. The second kappa shape index (κ2) is 4.19. The Morgan fingerprint density at radius 1 is 1.45 bits per heavy atom. The quantitative estimate of drug-likeness (QED) is 0.633. The number of alkyl halides is 3. The molecule has 0 aromatic heterocycles. The van der Waals surface area contributed by atoms with Gasteiger partial charge in [-0.15, -0.1) is 0 Å². The lowest BCUT2D eigenvalue weighted by molar-refractivity contribution is -0.142. The van der Waals surface area contributed by atoms with Crippen LogP contribution >= 0.6 is 0 Å². The van der Waals surface area contributed by atoms with Gasteiger partial charge in [0.25, 0.3) is 0 Å². The highest BCUT2D eigenvalue weighted by molar-refractivity contribution is 4.71. The molecule has 0 aromatic carbocycles. The molecule has 0 heterocycles. The van der Waals surface area contributed by atoms with Crippen LogP contribution in [-0.4, -0.2) is 31.2 Å². The average Bonchev–Trinajstić information content (AvgIpc) is 1.79. The normalized spacial score (nSPS) is 11.6. The van der Waals surface area contributed by atoms with Crippen LogP contribution in [0.2, 0.25) is 0 Å². The fourth-order valence-electron chi connectivity index (χ4n) is 0.626. The van der Waals surface area contributed by atoms with Gasteiger partial charge in [0, 0.05) is 13.0 Å². The zero-order valence-electron chi connectivity index (χ0n) is 6.15. The summed E-state index contributed by atoms with van der Waals surface area (Å²) in [6, 6.07) is 1.78. The Bertz CT molecular complexity index is 147. The molecule has 0 aliphatic rings. The van der Waals surface area contributed by atoms with E-state index in [-0.39, 0.29) is 13.0 Å². The largest absolute Gasteiger partial charge is 0.401 e. The zero-order valence-corrected chi connectivity index (χ0v) is 6.15. The molecule has 11 heavy (non-hydrogen) atoms. The van der Waals surface area contributed by atoms with E-state index in [1.165, 1.54) is 7.05 Å². The molecule has 0 amide bonds. The van der Waals surface area contributed by atoms with E-state index in [9.17, 15) is 13.2 Å². The van der Waals surface area contributed by atoms with E-state index in [0.29, 0.717) is 0 Å². The van der Waals surface area contributed by atoms with Crippen LogP contribution in [0.1, 0.15) is 6.42 Å². The number of hydrogen-bond donors (Lipinski definition) is 0. The number of halogens is 3. The van der Waals surface area contributed by atoms with Crippen molar-refractivity contribution in [2.75, 3.05) is 20.1 Å². The summed E-state index contributed by atoms with van der Waals surface area (Å²) >= 11 is 0. The molecule has 0 radical (unpaired) electrons. The van der Waals surface area contributed by atoms with E-state index < -0.39 is 12.7 Å². The Morgan fingerprint density at radius 3 is 2.36 bits per heavy atom. The van der Waals surface area contributed by atoms with Gasteiger partial charge in [-0.3, -0.25) is 4.90 Å². The van der Waals surface area contributed by atoms with E-state index >= 15 is 0 Å². The van der Waals surface area contributed by atoms with Gasteiger partial charge in [-0.25, -0.2) is 0 Å². The minimum absolute atomic E-state index is 0.132. The summed E-state index contributed by atoms with van der Waals surface area (Å²) in [4.78, 5) is 1.07. The van der Waals surface area contributed by atoms with Gasteiger partial charge in [-0.05, 0) is 7.05 Å². The maximum Gasteiger partial charge on any atom is 0.401 e. The van der Waals surface area contributed by atoms with Crippen LogP contribution in [0.15, 0.2) is 0 Å². The lowest BCUT2D eigenvalue weighted by Crippen LogP contribution is -2.31. The summed E-state index contributed by atoms with van der Waals surface area (Å²) in [7, 11) is 1.34. The lowest BCUT2D eigenvalue weighted by Gasteiger charge is -2.16. The second-order valence-electron chi connectivity index (χ2n) is 2.26. The molecule has 0 aliphatic heterocycles. The van der Waals surface area contributed by atoms with Crippen molar-refractivity contribution in [3.8, 4) is 6.07 Å². The zero-order chi connectivity index (χ0) is 8.91. The predicted molar refractivity (Wildman–Crippen MR) is 33.8 cm³/mol. The topological polar surface area (TPSA) is 27.0 Å². The number of nitriles is 1. The molecule has 0 unspecified atom stereocenters. The molecule has 0 aliphatic carbocycles. The molecule has 2 nitrogen and oxygen atoms in total. The highest BCUT2D eigenvalue weighted by Crippen LogP contribution is 2.15. The maximum atomic E-state index is 11.6. The Morgan fingerprint density at radius 2 is 2.00 bits per heavy atom. The van der Waals surface area contributed by atoms with Crippen molar-refractivity contribution in [3.63, 3.8) is 0 Å². The molecule has 0 atom stereocenters. The van der Waals surface area contributed by atoms with Crippen LogP contribution in [0.3, 0.4) is 0 Å². The van der Waals surface area contributed by atoms with E-state index in [0.717, 1.165) is 4.90 Å². The summed E-state index contributed by atoms with van der Waals surface area (Å²) in [5, 5.41) is 8.06. The van der Waals surface area contributed by atoms with Crippen molar-refractivity contribution in [2.24, 2.45) is 0 Å². The second-order valence-corrected chi connectivity index (χ2v) is 2.26. The van der Waals surface area contributed by atoms with Crippen LogP contribution in [0.25, 0.3) is 0 Å². The third-order valence-electron chi connectivity index (χ3n) is 1.05. The summed E-state index contributed by atoms with van der Waals surface area (Å²) in [5.74, 6) is 0. The monoisotopic (exact) mass is 166 g/mol. The average molecular weight is 166 g/mol. The minimum atomic E-state index is -4.16. The van der Waals surface area contributed by atoms with Crippen molar-refractivity contribution in [3.05, 3.63) is 0 Å². The standard InChI is InChI=1S/C6H9F3N2/c1-11(4-2-3-10)5-6(7,8)9/h2,4-5H2,1H3. The Kier molecular flexibility index (Phi) is 3.90. The molecule has 5 heteroatoms. The van der Waals surface area contributed by atoms with E-state index in [2.05, 4.69) is 0 Å². The third kappa shape index (κ3) is 7.13. The van der Waals surface area contributed by atoms with Crippen molar-refractivity contribution < 1.29 is 13.2 Å². The molecular formula is C6H9F3N2. The predicted octanol–water partition coefficient (Wildman–Crippen LogP) is 1.39. The van der Waals surface area contributed by atoms with Gasteiger partial charge in [0.2, 0.25) is 0 Å². The fraction of sp³-hybridized carbons (Fsp3) is 0.833. The van der Waals surface area contributed by atoms with Gasteiger partial charge in [0.05, 0.1) is 12.6 Å². The smallest absolute Gasteiger partial charge is 0.297 e. The Labute approximate surface area is 63.2 Å². The first-order chi connectivity index (χ1) is 4.95. The van der Waals surface area contributed by atoms with E-state index in [1.54, 1.807) is 6.07 Å². The van der Waals surface area contributed by atoms with Crippen LogP contribution < -0.4 is 0 Å². The van der Waals surface area contributed by atoms with Gasteiger partial charge in [0.1, 0.15) is 0 Å².